The highest BCUT2D eigenvalue weighted by Gasteiger charge is 2.13. The highest BCUT2D eigenvalue weighted by Crippen LogP contribution is 2.23. The normalized spacial score (nSPS) is 10.9. The highest BCUT2D eigenvalue weighted by atomic mass is 16.5. The summed E-state index contributed by atoms with van der Waals surface area (Å²) in [6.45, 7) is 2.62. The number of esters is 1. The second-order valence-electron chi connectivity index (χ2n) is 8.14. The summed E-state index contributed by atoms with van der Waals surface area (Å²) in [6.07, 6.45) is 20.9. The van der Waals surface area contributed by atoms with Gasteiger partial charge >= 0.3 is 5.97 Å². The lowest BCUT2D eigenvalue weighted by molar-refractivity contribution is 0.0494. The Morgan fingerprint density at radius 3 is 1.66 bits per heavy atom. The zero-order valence-corrected chi connectivity index (χ0v) is 18.5. The first kappa shape index (κ1) is 25.3. The minimum Gasteiger partial charge on any atom is -0.508 e. The molecule has 0 spiro atoms. The molecule has 166 valence electrons. The maximum absolute atomic E-state index is 11.9. The van der Waals surface area contributed by atoms with Gasteiger partial charge < -0.3 is 14.9 Å². The van der Waals surface area contributed by atoms with Crippen LogP contribution in [0.3, 0.4) is 0 Å². The van der Waals surface area contributed by atoms with Crippen molar-refractivity contribution in [1.29, 1.82) is 0 Å². The lowest BCUT2D eigenvalue weighted by Crippen LogP contribution is -2.06. The summed E-state index contributed by atoms with van der Waals surface area (Å²) >= 11 is 0. The number of aromatic hydroxyl groups is 2. The summed E-state index contributed by atoms with van der Waals surface area (Å²) in [5.74, 6) is -0.809. The van der Waals surface area contributed by atoms with E-state index in [1.165, 1.54) is 108 Å². The number of unbranched alkanes of at least 4 members (excludes halogenated alkanes) is 15. The van der Waals surface area contributed by atoms with Crippen molar-refractivity contribution in [1.82, 2.24) is 0 Å². The van der Waals surface area contributed by atoms with Crippen molar-refractivity contribution in [3.63, 3.8) is 0 Å². The molecule has 4 heteroatoms. The van der Waals surface area contributed by atoms with Gasteiger partial charge in [0.15, 0.2) is 0 Å². The summed E-state index contributed by atoms with van der Waals surface area (Å²) in [6, 6.07) is 3.85. The molecule has 0 aliphatic heterocycles. The molecule has 0 aliphatic rings. The van der Waals surface area contributed by atoms with Crippen LogP contribution in [0.2, 0.25) is 0 Å². The lowest BCUT2D eigenvalue weighted by Gasteiger charge is -2.07. The van der Waals surface area contributed by atoms with E-state index in [-0.39, 0.29) is 17.1 Å². The summed E-state index contributed by atoms with van der Waals surface area (Å²) < 4.78 is 5.17. The summed E-state index contributed by atoms with van der Waals surface area (Å²) in [5.41, 5.74) is 0.0153. The number of carbonyl (C=O) groups excluding carboxylic acids is 1. The molecule has 0 bridgehead atoms. The average molecular weight is 407 g/mol. The Morgan fingerprint density at radius 2 is 1.17 bits per heavy atom. The fourth-order valence-electron chi connectivity index (χ4n) is 3.58. The van der Waals surface area contributed by atoms with Crippen LogP contribution >= 0.6 is 0 Å². The zero-order valence-electron chi connectivity index (χ0n) is 18.5. The number of rotatable bonds is 18. The third-order valence-corrected chi connectivity index (χ3v) is 5.43. The number of benzene rings is 1. The predicted octanol–water partition coefficient (Wildman–Crippen LogP) is 7.52. The standard InChI is InChI=1S/C25H42O4/c1-2-3-4-5-6-7-8-9-10-11-12-13-14-15-16-17-20-29-25(28)23-21-22(26)18-19-24(23)27/h18-19,21,26-27H,2-17,20H2,1H3. The smallest absolute Gasteiger partial charge is 0.342 e. The van der Waals surface area contributed by atoms with Crippen molar-refractivity contribution in [2.45, 2.75) is 110 Å². The van der Waals surface area contributed by atoms with Crippen molar-refractivity contribution in [3.05, 3.63) is 23.8 Å². The SMILES string of the molecule is CCCCCCCCCCCCCCCCCCOC(=O)c1cc(O)ccc1O. The number of phenols is 2. The Hall–Kier alpha value is -1.71. The Kier molecular flexibility index (Phi) is 15.0. The van der Waals surface area contributed by atoms with Crippen LogP contribution in [0.4, 0.5) is 0 Å². The van der Waals surface area contributed by atoms with Gasteiger partial charge in [-0.15, -0.1) is 0 Å². The van der Waals surface area contributed by atoms with Crippen molar-refractivity contribution < 1.29 is 19.7 Å². The van der Waals surface area contributed by atoms with Gasteiger partial charge in [0.1, 0.15) is 17.1 Å². The topological polar surface area (TPSA) is 66.8 Å². The first-order valence-corrected chi connectivity index (χ1v) is 11.8. The second-order valence-corrected chi connectivity index (χ2v) is 8.14. The molecule has 1 rings (SSSR count). The number of carbonyl (C=O) groups is 1. The molecule has 0 aliphatic carbocycles. The van der Waals surface area contributed by atoms with E-state index in [1.807, 2.05) is 0 Å². The molecule has 0 atom stereocenters. The monoisotopic (exact) mass is 406 g/mol. The molecule has 0 amide bonds. The predicted molar refractivity (Wildman–Crippen MR) is 120 cm³/mol. The molecule has 0 heterocycles. The van der Waals surface area contributed by atoms with Crippen LogP contribution in [0, 0.1) is 0 Å². The fourth-order valence-corrected chi connectivity index (χ4v) is 3.58. The Bertz CT molecular complexity index is 542. The van der Waals surface area contributed by atoms with Crippen molar-refractivity contribution in [3.8, 4) is 11.5 Å². The van der Waals surface area contributed by atoms with E-state index in [4.69, 9.17) is 4.74 Å². The number of ether oxygens (including phenoxy) is 1. The zero-order chi connectivity index (χ0) is 21.2. The summed E-state index contributed by atoms with van der Waals surface area (Å²) in [7, 11) is 0. The van der Waals surface area contributed by atoms with Gasteiger partial charge in [0, 0.05) is 0 Å². The van der Waals surface area contributed by atoms with E-state index in [1.54, 1.807) is 0 Å². The Balaban J connectivity index is 1.84. The van der Waals surface area contributed by atoms with Crippen LogP contribution in [0.1, 0.15) is 120 Å². The van der Waals surface area contributed by atoms with Gasteiger partial charge in [-0.1, -0.05) is 103 Å². The van der Waals surface area contributed by atoms with Gasteiger partial charge in [0.05, 0.1) is 6.61 Å². The van der Waals surface area contributed by atoms with Gasteiger partial charge in [-0.3, -0.25) is 0 Å². The van der Waals surface area contributed by atoms with Crippen molar-refractivity contribution in [2.75, 3.05) is 6.61 Å². The van der Waals surface area contributed by atoms with E-state index < -0.39 is 5.97 Å². The van der Waals surface area contributed by atoms with Gasteiger partial charge in [0.25, 0.3) is 0 Å². The van der Waals surface area contributed by atoms with Crippen LogP contribution in [-0.4, -0.2) is 22.8 Å². The van der Waals surface area contributed by atoms with Crippen LogP contribution in [-0.2, 0) is 4.74 Å². The molecule has 29 heavy (non-hydrogen) atoms. The quantitative estimate of drug-likeness (QED) is 0.150. The molecule has 4 nitrogen and oxygen atoms in total. The molecular formula is C25H42O4. The molecular weight excluding hydrogens is 364 g/mol. The maximum Gasteiger partial charge on any atom is 0.342 e. The molecule has 0 saturated carbocycles. The summed E-state index contributed by atoms with van der Waals surface area (Å²) in [4.78, 5) is 11.9. The molecule has 1 aromatic rings. The van der Waals surface area contributed by atoms with E-state index in [0.717, 1.165) is 12.8 Å². The Morgan fingerprint density at radius 1 is 0.724 bits per heavy atom. The molecule has 0 aromatic heterocycles. The van der Waals surface area contributed by atoms with Crippen LogP contribution in [0.5, 0.6) is 11.5 Å². The first-order chi connectivity index (χ1) is 14.1. The van der Waals surface area contributed by atoms with E-state index >= 15 is 0 Å². The minimum absolute atomic E-state index is 0.0153. The van der Waals surface area contributed by atoms with Gasteiger partial charge in [-0.05, 0) is 24.6 Å². The molecule has 0 saturated heterocycles. The molecule has 0 radical (unpaired) electrons. The van der Waals surface area contributed by atoms with E-state index in [0.29, 0.717) is 6.61 Å². The molecule has 1 aromatic carbocycles. The third kappa shape index (κ3) is 13.2. The molecule has 2 N–H and O–H groups in total. The lowest BCUT2D eigenvalue weighted by atomic mass is 10.0. The number of phenolic OH excluding ortho intramolecular Hbond substituents is 2. The van der Waals surface area contributed by atoms with Crippen LogP contribution in [0.15, 0.2) is 18.2 Å². The fraction of sp³-hybridized carbons (Fsp3) is 0.720. The van der Waals surface area contributed by atoms with Crippen LogP contribution in [0.25, 0.3) is 0 Å². The number of hydrogen-bond acceptors (Lipinski definition) is 4. The van der Waals surface area contributed by atoms with Crippen molar-refractivity contribution in [2.24, 2.45) is 0 Å². The largest absolute Gasteiger partial charge is 0.508 e. The maximum atomic E-state index is 11.9. The van der Waals surface area contributed by atoms with E-state index in [2.05, 4.69) is 6.92 Å². The molecule has 0 fully saturated rings. The highest BCUT2D eigenvalue weighted by molar-refractivity contribution is 5.92. The van der Waals surface area contributed by atoms with Gasteiger partial charge in [-0.25, -0.2) is 4.79 Å². The van der Waals surface area contributed by atoms with Gasteiger partial charge in [-0.2, -0.15) is 0 Å². The molecule has 0 unspecified atom stereocenters. The van der Waals surface area contributed by atoms with Crippen molar-refractivity contribution >= 4 is 5.97 Å². The average Bonchev–Trinajstić information content (AvgIpc) is 2.72. The first-order valence-electron chi connectivity index (χ1n) is 11.8. The second kappa shape index (κ2) is 17.2. The van der Waals surface area contributed by atoms with Crippen LogP contribution < -0.4 is 0 Å². The summed E-state index contributed by atoms with van der Waals surface area (Å²) in [5, 5.41) is 19.0. The third-order valence-electron chi connectivity index (χ3n) is 5.43. The Labute approximate surface area is 177 Å². The minimum atomic E-state index is -0.584. The van der Waals surface area contributed by atoms with E-state index in [9.17, 15) is 15.0 Å². The van der Waals surface area contributed by atoms with Gasteiger partial charge in [0.2, 0.25) is 0 Å². The number of hydrogen-bond donors (Lipinski definition) is 2.